The Kier molecular flexibility index (Phi) is 18.5. The molecule has 0 aliphatic rings. The minimum Gasteiger partial charge on any atom is -0.419 e. The predicted octanol–water partition coefficient (Wildman–Crippen LogP) is 15.6. The van der Waals surface area contributed by atoms with Crippen molar-refractivity contribution in [2.75, 3.05) is 16.0 Å². The number of imidazole rings is 3. The van der Waals surface area contributed by atoms with Gasteiger partial charge in [0, 0.05) is 89.2 Å². The van der Waals surface area contributed by atoms with Crippen molar-refractivity contribution in [1.82, 2.24) is 58.3 Å². The third-order valence-corrected chi connectivity index (χ3v) is 17.0. The molecule has 15 rings (SSSR count). The highest BCUT2D eigenvalue weighted by Crippen LogP contribution is 2.38. The van der Waals surface area contributed by atoms with E-state index in [1.54, 1.807) is 77.2 Å². The Labute approximate surface area is 581 Å². The molecule has 0 aliphatic carbocycles. The molecule has 0 atom stereocenters. The number of anilines is 3. The molecule has 0 saturated heterocycles. The number of nitrogens with zero attached hydrogens (tertiary/aromatic N) is 12. The van der Waals surface area contributed by atoms with Gasteiger partial charge in [-0.2, -0.15) is 13.2 Å². The van der Waals surface area contributed by atoms with Gasteiger partial charge in [-0.1, -0.05) is 107 Å². The second-order valence-electron chi connectivity index (χ2n) is 24.2. The van der Waals surface area contributed by atoms with Gasteiger partial charge in [-0.3, -0.25) is 37.4 Å². The lowest BCUT2D eigenvalue weighted by molar-refractivity contribution is -0.137. The lowest BCUT2D eigenvalue weighted by Gasteiger charge is -2.15. The Morgan fingerprint density at radius 2 is 0.902 bits per heavy atom. The number of aromatic nitrogens is 12. The standard InChI is InChI=1S/C28H20F3N5O2.C25H22N6O.C25H21N5O2/c1-16-4-7-19(8-5-16)35-27(38)21-13-17(6-9-22(21)28(29,30)31)20-3-2-12-36-24(20)15-34-26(36)23-14-18(25(32)37)10-11-33-23;1-16-6-10-19(11-7-16)28-25(32)21-13-18(9-8-17(21)2)20-5-4-12-31-22(20)14-26-24(31)23-15-27-29-30(23)3;1-15-6-10-19(11-7-15)27-24(31)21-13-18(9-8-16(21)2)20-5-4-12-30-22(20)14-26-23(30)25-29-28-17(3)32-25/h2-15H,1H3,(H2,32,37)(H,35,38);4-15H,1-3H3,(H,28,32);4-14H,1-3H3,(H,27,31). The Bertz CT molecular complexity index is 5700. The lowest BCUT2D eigenvalue weighted by atomic mass is 9.98. The van der Waals surface area contributed by atoms with Gasteiger partial charge in [0.1, 0.15) is 11.4 Å². The fraction of sp³-hybridized carbons (Fsp3) is 0.103. The highest BCUT2D eigenvalue weighted by atomic mass is 19.4. The Balaban J connectivity index is 0.000000137. The van der Waals surface area contributed by atoms with Crippen LogP contribution in [-0.4, -0.2) is 82.0 Å². The van der Waals surface area contributed by atoms with Crippen molar-refractivity contribution in [3.8, 4) is 68.1 Å². The fourth-order valence-electron chi connectivity index (χ4n) is 11.6. The van der Waals surface area contributed by atoms with Crippen LogP contribution >= 0.6 is 0 Å². The normalized spacial score (nSPS) is 11.2. The molecule has 9 heterocycles. The van der Waals surface area contributed by atoms with E-state index in [4.69, 9.17) is 10.2 Å². The molecule has 24 heteroatoms. The summed E-state index contributed by atoms with van der Waals surface area (Å²) in [6.07, 6.45) is 9.15. The number of primary amides is 1. The molecule has 0 fully saturated rings. The van der Waals surface area contributed by atoms with Crippen LogP contribution in [0.1, 0.15) is 80.7 Å². The second kappa shape index (κ2) is 28.1. The number of nitrogens with two attached hydrogens (primary N) is 1. The van der Waals surface area contributed by atoms with Gasteiger partial charge in [0.25, 0.3) is 23.6 Å². The summed E-state index contributed by atoms with van der Waals surface area (Å²) in [6.45, 7) is 11.5. The summed E-state index contributed by atoms with van der Waals surface area (Å²) >= 11 is 0. The number of pyridine rings is 4. The summed E-state index contributed by atoms with van der Waals surface area (Å²) in [5.74, 6) is 0.830. The smallest absolute Gasteiger partial charge is 0.417 e. The first-order chi connectivity index (χ1) is 49.1. The van der Waals surface area contributed by atoms with Crippen molar-refractivity contribution < 1.29 is 36.8 Å². The van der Waals surface area contributed by atoms with Crippen LogP contribution in [0.3, 0.4) is 0 Å². The van der Waals surface area contributed by atoms with E-state index >= 15 is 0 Å². The second-order valence-corrected chi connectivity index (χ2v) is 24.2. The zero-order chi connectivity index (χ0) is 71.5. The monoisotopic (exact) mass is 1360 g/mol. The molecule has 21 nitrogen and oxygen atoms in total. The maximum absolute atomic E-state index is 13.8. The maximum Gasteiger partial charge on any atom is 0.417 e. The van der Waals surface area contributed by atoms with E-state index in [9.17, 15) is 32.3 Å². The molecule has 6 aromatic carbocycles. The highest BCUT2D eigenvalue weighted by molar-refractivity contribution is 6.08. The fourth-order valence-corrected chi connectivity index (χ4v) is 11.6. The van der Waals surface area contributed by atoms with E-state index in [1.807, 2.05) is 178 Å². The van der Waals surface area contributed by atoms with Crippen LogP contribution in [-0.2, 0) is 13.2 Å². The van der Waals surface area contributed by atoms with Gasteiger partial charge in [-0.05, 0) is 153 Å². The van der Waals surface area contributed by atoms with Gasteiger partial charge in [0.15, 0.2) is 11.6 Å². The van der Waals surface area contributed by atoms with Gasteiger partial charge in [0.05, 0.1) is 52.5 Å². The number of halogens is 3. The van der Waals surface area contributed by atoms with E-state index in [0.29, 0.717) is 62.6 Å². The number of carbonyl (C=O) groups is 4. The SMILES string of the molecule is Cc1ccc(NC(=O)c2cc(-c3cccn4c(-c5cc(C(N)=O)ccn5)ncc34)ccc2C(F)(F)F)cc1.Cc1ccc(NC(=O)c2cc(-c3cccn4c(-c5cnnn5C)ncc34)ccc2C)cc1.Cc1ccc(NC(=O)c2cc(-c3cccn4c(-c5nnc(C)o5)ncc34)ccc2C)cc1. The van der Waals surface area contributed by atoms with Crippen molar-refractivity contribution in [3.05, 3.63) is 287 Å². The topological polar surface area (TPSA) is 265 Å². The average molecular weight is 1360 g/mol. The van der Waals surface area contributed by atoms with Crippen molar-refractivity contribution in [2.24, 2.45) is 12.8 Å². The summed E-state index contributed by atoms with van der Waals surface area (Å²) in [5.41, 5.74) is 20.7. The zero-order valence-electron chi connectivity index (χ0n) is 56.0. The van der Waals surface area contributed by atoms with E-state index in [-0.39, 0.29) is 17.4 Å². The molecular formula is C78H63F3N16O5. The summed E-state index contributed by atoms with van der Waals surface area (Å²) in [6, 6.07) is 51.9. The molecule has 0 saturated carbocycles. The summed E-state index contributed by atoms with van der Waals surface area (Å²) < 4.78 is 54.4. The first-order valence-electron chi connectivity index (χ1n) is 32.0. The molecule has 9 aromatic heterocycles. The predicted molar refractivity (Wildman–Crippen MR) is 384 cm³/mol. The molecule has 15 aromatic rings. The van der Waals surface area contributed by atoms with Crippen LogP contribution in [0.2, 0.25) is 0 Å². The minimum absolute atomic E-state index is 0.129. The van der Waals surface area contributed by atoms with Gasteiger partial charge in [-0.15, -0.1) is 15.3 Å². The first-order valence-corrected chi connectivity index (χ1v) is 32.0. The number of nitrogens with one attached hydrogen (secondary N) is 3. The Hall–Kier alpha value is -13.5. The Morgan fingerprint density at radius 3 is 1.34 bits per heavy atom. The highest BCUT2D eigenvalue weighted by Gasteiger charge is 2.36. The van der Waals surface area contributed by atoms with Gasteiger partial charge < -0.3 is 26.1 Å². The molecule has 102 heavy (non-hydrogen) atoms. The number of rotatable bonds is 13. The third kappa shape index (κ3) is 14.1. The van der Waals surface area contributed by atoms with Crippen molar-refractivity contribution >= 4 is 57.2 Å². The van der Waals surface area contributed by atoms with Gasteiger partial charge >= 0.3 is 6.18 Å². The number of aryl methyl sites for hydroxylation is 7. The van der Waals surface area contributed by atoms with Crippen molar-refractivity contribution in [2.45, 2.75) is 47.7 Å². The van der Waals surface area contributed by atoms with Crippen molar-refractivity contribution in [3.63, 3.8) is 0 Å². The molecule has 0 radical (unpaired) electrons. The minimum atomic E-state index is -4.73. The quantitative estimate of drug-likeness (QED) is 0.0838. The number of benzene rings is 6. The van der Waals surface area contributed by atoms with Crippen LogP contribution in [0.5, 0.6) is 0 Å². The third-order valence-electron chi connectivity index (χ3n) is 17.0. The van der Waals surface area contributed by atoms with Gasteiger partial charge in [0.2, 0.25) is 17.6 Å². The molecule has 0 unspecified atom stereocenters. The first kappa shape index (κ1) is 67.1. The number of fused-ring (bicyclic) bond motifs is 3. The van der Waals surface area contributed by atoms with E-state index in [2.05, 4.69) is 56.4 Å². The number of amides is 4. The van der Waals surface area contributed by atoms with Gasteiger partial charge in [-0.25, -0.2) is 19.6 Å². The lowest BCUT2D eigenvalue weighted by Crippen LogP contribution is -2.19. The van der Waals surface area contributed by atoms with Crippen LogP contribution in [0.15, 0.2) is 230 Å². The largest absolute Gasteiger partial charge is 0.419 e. The zero-order valence-corrected chi connectivity index (χ0v) is 56.0. The maximum atomic E-state index is 13.8. The number of carbonyl (C=O) groups excluding carboxylic acids is 4. The summed E-state index contributed by atoms with van der Waals surface area (Å²) in [7, 11) is 1.84. The Morgan fingerprint density at radius 1 is 0.471 bits per heavy atom. The van der Waals surface area contributed by atoms with E-state index in [1.165, 1.54) is 30.5 Å². The summed E-state index contributed by atoms with van der Waals surface area (Å²) in [5, 5.41) is 24.5. The average Bonchev–Trinajstić information content (AvgIpc) is 1.48. The number of alkyl halides is 3. The number of hydrogen-bond acceptors (Lipinski definition) is 13. The van der Waals surface area contributed by atoms with E-state index in [0.717, 1.165) is 90.1 Å². The molecule has 5 N–H and O–H groups in total. The van der Waals surface area contributed by atoms with Crippen LogP contribution in [0, 0.1) is 41.5 Å². The van der Waals surface area contributed by atoms with Crippen LogP contribution < -0.4 is 21.7 Å². The van der Waals surface area contributed by atoms with E-state index < -0.39 is 29.1 Å². The molecule has 0 aliphatic heterocycles. The van der Waals surface area contributed by atoms with Crippen LogP contribution in [0.4, 0.5) is 30.2 Å². The molecule has 0 spiro atoms. The number of hydrogen-bond donors (Lipinski definition) is 4. The summed E-state index contributed by atoms with van der Waals surface area (Å²) in [4.78, 5) is 68.4. The molecule has 4 amide bonds. The van der Waals surface area contributed by atoms with Crippen molar-refractivity contribution in [1.29, 1.82) is 0 Å². The molecular weight excluding hydrogens is 1300 g/mol. The van der Waals surface area contributed by atoms with Crippen LogP contribution in [0.25, 0.3) is 84.7 Å². The molecule has 0 bridgehead atoms. The molecule has 506 valence electrons.